The van der Waals surface area contributed by atoms with Gasteiger partial charge in [-0.2, -0.15) is 0 Å². The summed E-state index contributed by atoms with van der Waals surface area (Å²) in [6, 6.07) is 7.74. The van der Waals surface area contributed by atoms with Crippen LogP contribution in [0.25, 0.3) is 0 Å². The predicted molar refractivity (Wildman–Crippen MR) is 68.1 cm³/mol. The molecule has 1 N–H and O–H groups in total. The highest BCUT2D eigenvalue weighted by Crippen LogP contribution is 2.14. The van der Waals surface area contributed by atoms with Crippen LogP contribution in [0.2, 0.25) is 0 Å². The van der Waals surface area contributed by atoms with E-state index in [2.05, 4.69) is 10.3 Å². The third-order valence-corrected chi connectivity index (χ3v) is 2.67. The number of anilines is 1. The Morgan fingerprint density at radius 2 is 2.00 bits per heavy atom. The molecule has 3 nitrogen and oxygen atoms in total. The Morgan fingerprint density at radius 1 is 1.22 bits per heavy atom. The molecule has 0 aliphatic rings. The number of hydrogen-bond donors (Lipinski definition) is 1. The fourth-order valence-corrected chi connectivity index (χ4v) is 1.67. The molecule has 0 spiro atoms. The Balaban J connectivity index is 2.25. The van der Waals surface area contributed by atoms with Crippen LogP contribution in [-0.2, 0) is 0 Å². The number of hydrogen-bond acceptors (Lipinski definition) is 2. The lowest BCUT2D eigenvalue weighted by molar-refractivity contribution is 0.102. The lowest BCUT2D eigenvalue weighted by atomic mass is 10.1. The second-order valence-corrected chi connectivity index (χ2v) is 4.08. The maximum Gasteiger partial charge on any atom is 0.257 e. The fraction of sp³-hybridized carbons (Fsp3) is 0.143. The van der Waals surface area contributed by atoms with Gasteiger partial charge in [-0.3, -0.25) is 4.79 Å². The van der Waals surface area contributed by atoms with Gasteiger partial charge < -0.3 is 5.32 Å². The fourth-order valence-electron chi connectivity index (χ4n) is 1.67. The first kappa shape index (κ1) is 12.2. The highest BCUT2D eigenvalue weighted by Gasteiger charge is 2.11. The van der Waals surface area contributed by atoms with Crippen LogP contribution in [0, 0.1) is 19.7 Å². The number of aryl methyl sites for hydroxylation is 2. The van der Waals surface area contributed by atoms with E-state index in [-0.39, 0.29) is 11.7 Å². The molecule has 0 radical (unpaired) electrons. The summed E-state index contributed by atoms with van der Waals surface area (Å²) < 4.78 is 13.0. The highest BCUT2D eigenvalue weighted by molar-refractivity contribution is 6.05. The summed E-state index contributed by atoms with van der Waals surface area (Å²) in [6.07, 6.45) is 1.61. The monoisotopic (exact) mass is 244 g/mol. The van der Waals surface area contributed by atoms with E-state index in [1.165, 1.54) is 18.2 Å². The third-order valence-electron chi connectivity index (χ3n) is 2.67. The van der Waals surface area contributed by atoms with Crippen molar-refractivity contribution in [2.24, 2.45) is 0 Å². The SMILES string of the molecule is Cc1cc(F)ccc1C(=O)Nc1ncccc1C. The van der Waals surface area contributed by atoms with Gasteiger partial charge in [0.1, 0.15) is 11.6 Å². The molecule has 0 saturated heterocycles. The summed E-state index contributed by atoms with van der Waals surface area (Å²) in [4.78, 5) is 16.1. The number of amides is 1. The van der Waals surface area contributed by atoms with Gasteiger partial charge in [-0.1, -0.05) is 6.07 Å². The molecule has 0 aliphatic carbocycles. The van der Waals surface area contributed by atoms with Gasteiger partial charge in [-0.25, -0.2) is 9.37 Å². The minimum absolute atomic E-state index is 0.283. The number of halogens is 1. The molecular formula is C14H13FN2O. The van der Waals surface area contributed by atoms with Crippen molar-refractivity contribution in [1.82, 2.24) is 4.98 Å². The van der Waals surface area contributed by atoms with E-state index in [0.717, 1.165) is 5.56 Å². The molecule has 0 saturated carbocycles. The second-order valence-electron chi connectivity index (χ2n) is 4.08. The zero-order chi connectivity index (χ0) is 13.1. The number of rotatable bonds is 2. The molecule has 0 fully saturated rings. The molecular weight excluding hydrogens is 231 g/mol. The molecule has 2 rings (SSSR count). The average molecular weight is 244 g/mol. The van der Waals surface area contributed by atoms with Crippen LogP contribution < -0.4 is 5.32 Å². The maximum atomic E-state index is 13.0. The van der Waals surface area contributed by atoms with Gasteiger partial charge in [-0.15, -0.1) is 0 Å². The molecule has 1 aromatic heterocycles. The van der Waals surface area contributed by atoms with Crippen LogP contribution in [0.3, 0.4) is 0 Å². The molecule has 1 aromatic carbocycles. The molecule has 0 unspecified atom stereocenters. The Morgan fingerprint density at radius 3 is 2.67 bits per heavy atom. The van der Waals surface area contributed by atoms with E-state index < -0.39 is 0 Å². The lowest BCUT2D eigenvalue weighted by Crippen LogP contribution is -2.15. The second kappa shape index (κ2) is 4.96. The zero-order valence-electron chi connectivity index (χ0n) is 10.2. The number of aromatic nitrogens is 1. The Bertz CT molecular complexity index is 596. The van der Waals surface area contributed by atoms with Crippen molar-refractivity contribution in [2.75, 3.05) is 5.32 Å². The summed E-state index contributed by atoms with van der Waals surface area (Å²) in [7, 11) is 0. The van der Waals surface area contributed by atoms with Crippen molar-refractivity contribution in [3.63, 3.8) is 0 Å². The van der Waals surface area contributed by atoms with Gasteiger partial charge >= 0.3 is 0 Å². The summed E-state index contributed by atoms with van der Waals surface area (Å²) in [6.45, 7) is 3.56. The van der Waals surface area contributed by atoms with E-state index in [9.17, 15) is 9.18 Å². The molecule has 0 aliphatic heterocycles. The summed E-state index contributed by atoms with van der Waals surface area (Å²) >= 11 is 0. The van der Waals surface area contributed by atoms with Gasteiger partial charge in [-0.05, 0) is 49.2 Å². The standard InChI is InChI=1S/C14H13FN2O/c1-9-4-3-7-16-13(9)17-14(18)12-6-5-11(15)8-10(12)2/h3-8H,1-2H3,(H,16,17,18). The topological polar surface area (TPSA) is 42.0 Å². The highest BCUT2D eigenvalue weighted by atomic mass is 19.1. The Kier molecular flexibility index (Phi) is 3.37. The van der Waals surface area contributed by atoms with Crippen molar-refractivity contribution in [1.29, 1.82) is 0 Å². The van der Waals surface area contributed by atoms with E-state index in [4.69, 9.17) is 0 Å². The van der Waals surface area contributed by atoms with Crippen molar-refractivity contribution in [3.8, 4) is 0 Å². The number of carbonyl (C=O) groups excluding carboxylic acids is 1. The first-order valence-electron chi connectivity index (χ1n) is 5.57. The number of nitrogens with zero attached hydrogens (tertiary/aromatic N) is 1. The van der Waals surface area contributed by atoms with Crippen molar-refractivity contribution >= 4 is 11.7 Å². The number of benzene rings is 1. The van der Waals surface area contributed by atoms with Crippen LogP contribution in [-0.4, -0.2) is 10.9 Å². The van der Waals surface area contributed by atoms with Crippen molar-refractivity contribution < 1.29 is 9.18 Å². The molecule has 2 aromatic rings. The normalized spacial score (nSPS) is 10.2. The minimum atomic E-state index is -0.349. The van der Waals surface area contributed by atoms with Gasteiger partial charge in [0, 0.05) is 11.8 Å². The Hall–Kier alpha value is -2.23. The average Bonchev–Trinajstić information content (AvgIpc) is 2.32. The first-order valence-corrected chi connectivity index (χ1v) is 5.57. The summed E-state index contributed by atoms with van der Waals surface area (Å²) in [5.41, 5.74) is 1.92. The summed E-state index contributed by atoms with van der Waals surface area (Å²) in [5.74, 6) is -0.112. The molecule has 4 heteroatoms. The van der Waals surface area contributed by atoms with E-state index in [1.807, 2.05) is 13.0 Å². The minimum Gasteiger partial charge on any atom is -0.306 e. The smallest absolute Gasteiger partial charge is 0.257 e. The van der Waals surface area contributed by atoms with Crippen molar-refractivity contribution in [3.05, 3.63) is 59.0 Å². The predicted octanol–water partition coefficient (Wildman–Crippen LogP) is 3.09. The molecule has 1 heterocycles. The van der Waals surface area contributed by atoms with E-state index >= 15 is 0 Å². The summed E-state index contributed by atoms with van der Waals surface area (Å²) in [5, 5.41) is 2.71. The first-order chi connectivity index (χ1) is 8.58. The van der Waals surface area contributed by atoms with E-state index in [1.54, 1.807) is 19.2 Å². The molecule has 0 bridgehead atoms. The zero-order valence-corrected chi connectivity index (χ0v) is 10.2. The van der Waals surface area contributed by atoms with Crippen molar-refractivity contribution in [2.45, 2.75) is 13.8 Å². The molecule has 92 valence electrons. The van der Waals surface area contributed by atoms with Crippen LogP contribution >= 0.6 is 0 Å². The van der Waals surface area contributed by atoms with Gasteiger partial charge in [0.15, 0.2) is 0 Å². The van der Waals surface area contributed by atoms with Crippen LogP contribution in [0.5, 0.6) is 0 Å². The maximum absolute atomic E-state index is 13.0. The Labute approximate surface area is 105 Å². The third kappa shape index (κ3) is 2.53. The largest absolute Gasteiger partial charge is 0.306 e. The molecule has 1 amide bonds. The van der Waals surface area contributed by atoms with Crippen LogP contribution in [0.15, 0.2) is 36.5 Å². The molecule has 18 heavy (non-hydrogen) atoms. The van der Waals surface area contributed by atoms with Crippen LogP contribution in [0.1, 0.15) is 21.5 Å². The van der Waals surface area contributed by atoms with Gasteiger partial charge in [0.25, 0.3) is 5.91 Å². The lowest BCUT2D eigenvalue weighted by Gasteiger charge is -2.08. The van der Waals surface area contributed by atoms with Gasteiger partial charge in [0.05, 0.1) is 0 Å². The number of nitrogens with one attached hydrogen (secondary N) is 1. The number of carbonyl (C=O) groups is 1. The van der Waals surface area contributed by atoms with Gasteiger partial charge in [0.2, 0.25) is 0 Å². The quantitative estimate of drug-likeness (QED) is 0.882. The number of pyridine rings is 1. The molecule has 0 atom stereocenters. The van der Waals surface area contributed by atoms with E-state index in [0.29, 0.717) is 16.9 Å². The van der Waals surface area contributed by atoms with Crippen LogP contribution in [0.4, 0.5) is 10.2 Å².